The third-order valence-electron chi connectivity index (χ3n) is 4.15. The molecule has 2 heteroatoms. The van der Waals surface area contributed by atoms with Gasteiger partial charge in [0, 0.05) is 0 Å². The summed E-state index contributed by atoms with van der Waals surface area (Å²) in [5.74, 6) is 2.12. The fourth-order valence-corrected chi connectivity index (χ4v) is 2.89. The Morgan fingerprint density at radius 2 is 1.52 bits per heavy atom. The highest BCUT2D eigenvalue weighted by Gasteiger charge is 2.13. The maximum Gasteiger partial charge on any atom is 0.121 e. The summed E-state index contributed by atoms with van der Waals surface area (Å²) in [5, 5.41) is 3.54. The summed E-state index contributed by atoms with van der Waals surface area (Å²) >= 11 is 0. The van der Waals surface area contributed by atoms with Crippen molar-refractivity contribution in [3.63, 3.8) is 0 Å². The smallest absolute Gasteiger partial charge is 0.121 e. The molecule has 1 aromatic heterocycles. The molecule has 0 saturated heterocycles. The molecule has 0 fully saturated rings. The van der Waals surface area contributed by atoms with Crippen LogP contribution in [0.2, 0.25) is 0 Å². The molecule has 2 nitrogen and oxygen atoms in total. The first kappa shape index (κ1) is 18.3. The molecule has 0 aliphatic heterocycles. The van der Waals surface area contributed by atoms with Gasteiger partial charge in [-0.15, -0.1) is 0 Å². The van der Waals surface area contributed by atoms with Gasteiger partial charge in [-0.3, -0.25) is 0 Å². The van der Waals surface area contributed by atoms with Crippen molar-refractivity contribution in [2.24, 2.45) is 0 Å². The Hall–Kier alpha value is -0.760. The van der Waals surface area contributed by atoms with Gasteiger partial charge in [-0.25, -0.2) is 0 Å². The zero-order chi connectivity index (χ0) is 15.3. The summed E-state index contributed by atoms with van der Waals surface area (Å²) in [6, 6.07) is 4.58. The van der Waals surface area contributed by atoms with Crippen LogP contribution in [0.15, 0.2) is 16.5 Å². The van der Waals surface area contributed by atoms with Gasteiger partial charge in [0.1, 0.15) is 11.5 Å². The molecule has 1 aromatic rings. The van der Waals surface area contributed by atoms with Gasteiger partial charge >= 0.3 is 0 Å². The number of nitrogens with one attached hydrogen (secondary N) is 1. The summed E-state index contributed by atoms with van der Waals surface area (Å²) < 4.78 is 5.77. The molecule has 1 heterocycles. The number of aryl methyl sites for hydroxylation is 1. The number of hydrogen-bond acceptors (Lipinski definition) is 2. The number of rotatable bonds is 13. The van der Waals surface area contributed by atoms with E-state index in [0.717, 1.165) is 18.1 Å². The summed E-state index contributed by atoms with van der Waals surface area (Å²) in [6.45, 7) is 7.47. The SMILES string of the molecule is CCCCCCCCCCCC(NCC)c1ccc(C)o1. The fourth-order valence-electron chi connectivity index (χ4n) is 2.89. The Morgan fingerprint density at radius 3 is 2.05 bits per heavy atom. The third-order valence-corrected chi connectivity index (χ3v) is 4.15. The lowest BCUT2D eigenvalue weighted by Crippen LogP contribution is -2.20. The lowest BCUT2D eigenvalue weighted by atomic mass is 10.0. The number of hydrogen-bond donors (Lipinski definition) is 1. The molecule has 0 bridgehead atoms. The van der Waals surface area contributed by atoms with Crippen LogP contribution in [0.5, 0.6) is 0 Å². The monoisotopic (exact) mass is 293 g/mol. The fraction of sp³-hybridized carbons (Fsp3) is 0.789. The topological polar surface area (TPSA) is 25.2 Å². The zero-order valence-electron chi connectivity index (χ0n) is 14.4. The third kappa shape index (κ3) is 8.31. The second-order valence-corrected chi connectivity index (χ2v) is 6.18. The molecule has 1 atom stereocenters. The Bertz CT molecular complexity index is 345. The molecule has 0 spiro atoms. The van der Waals surface area contributed by atoms with E-state index in [1.165, 1.54) is 64.2 Å². The molecule has 0 aromatic carbocycles. The molecule has 1 N–H and O–H groups in total. The van der Waals surface area contributed by atoms with Crippen molar-refractivity contribution in [3.05, 3.63) is 23.7 Å². The highest BCUT2D eigenvalue weighted by Crippen LogP contribution is 2.22. The van der Waals surface area contributed by atoms with Crippen LogP contribution in [0, 0.1) is 6.92 Å². The summed E-state index contributed by atoms with van der Waals surface area (Å²) in [6.07, 6.45) is 13.7. The summed E-state index contributed by atoms with van der Waals surface area (Å²) in [5.41, 5.74) is 0. The molecular formula is C19H35NO. The van der Waals surface area contributed by atoms with Crippen LogP contribution in [-0.2, 0) is 0 Å². The normalized spacial score (nSPS) is 12.7. The highest BCUT2D eigenvalue weighted by atomic mass is 16.3. The van der Waals surface area contributed by atoms with Gasteiger partial charge < -0.3 is 9.73 Å². The lowest BCUT2D eigenvalue weighted by Gasteiger charge is -2.15. The van der Waals surface area contributed by atoms with Gasteiger partial charge in [-0.1, -0.05) is 71.6 Å². The van der Waals surface area contributed by atoms with Crippen molar-refractivity contribution in [2.75, 3.05) is 6.54 Å². The second-order valence-electron chi connectivity index (χ2n) is 6.18. The van der Waals surface area contributed by atoms with Crippen LogP contribution in [0.3, 0.4) is 0 Å². The Kier molecular flexibility index (Phi) is 10.3. The van der Waals surface area contributed by atoms with Crippen molar-refractivity contribution in [3.8, 4) is 0 Å². The van der Waals surface area contributed by atoms with E-state index >= 15 is 0 Å². The second kappa shape index (κ2) is 11.9. The lowest BCUT2D eigenvalue weighted by molar-refractivity contribution is 0.379. The first-order valence-electron chi connectivity index (χ1n) is 9.07. The van der Waals surface area contributed by atoms with Gasteiger partial charge in [0.2, 0.25) is 0 Å². The van der Waals surface area contributed by atoms with Crippen molar-refractivity contribution in [1.29, 1.82) is 0 Å². The number of unbranched alkanes of at least 4 members (excludes halogenated alkanes) is 8. The van der Waals surface area contributed by atoms with E-state index in [-0.39, 0.29) is 0 Å². The van der Waals surface area contributed by atoms with Gasteiger partial charge in [0.05, 0.1) is 6.04 Å². The molecule has 0 amide bonds. The Balaban J connectivity index is 2.08. The zero-order valence-corrected chi connectivity index (χ0v) is 14.4. The maximum atomic E-state index is 5.77. The average Bonchev–Trinajstić information content (AvgIpc) is 2.91. The summed E-state index contributed by atoms with van der Waals surface area (Å²) in [7, 11) is 0. The van der Waals surface area contributed by atoms with E-state index in [2.05, 4.69) is 31.3 Å². The van der Waals surface area contributed by atoms with Crippen molar-refractivity contribution in [2.45, 2.75) is 91.0 Å². The minimum absolute atomic E-state index is 0.397. The van der Waals surface area contributed by atoms with E-state index in [1.54, 1.807) is 0 Å². The van der Waals surface area contributed by atoms with Crippen LogP contribution in [0.1, 0.15) is 95.6 Å². The van der Waals surface area contributed by atoms with Crippen LogP contribution >= 0.6 is 0 Å². The minimum Gasteiger partial charge on any atom is -0.465 e. The van der Waals surface area contributed by atoms with Gasteiger partial charge in [-0.05, 0) is 32.0 Å². The molecule has 0 radical (unpaired) electrons. The molecule has 122 valence electrons. The Morgan fingerprint density at radius 1 is 0.905 bits per heavy atom. The molecule has 1 rings (SSSR count). The van der Waals surface area contributed by atoms with Gasteiger partial charge in [-0.2, -0.15) is 0 Å². The predicted molar refractivity (Wildman–Crippen MR) is 91.7 cm³/mol. The van der Waals surface area contributed by atoms with Crippen molar-refractivity contribution >= 4 is 0 Å². The largest absolute Gasteiger partial charge is 0.465 e. The van der Waals surface area contributed by atoms with Gasteiger partial charge in [0.25, 0.3) is 0 Å². The van der Waals surface area contributed by atoms with Crippen LogP contribution < -0.4 is 5.32 Å². The van der Waals surface area contributed by atoms with Gasteiger partial charge in [0.15, 0.2) is 0 Å². The molecular weight excluding hydrogens is 258 g/mol. The molecule has 0 aliphatic carbocycles. The van der Waals surface area contributed by atoms with E-state index in [1.807, 2.05) is 6.92 Å². The Labute approximate surface area is 131 Å². The first-order chi connectivity index (χ1) is 10.3. The molecule has 0 aliphatic rings. The standard InChI is InChI=1S/C19H35NO/c1-4-6-7-8-9-10-11-12-13-14-18(20-5-2)19-16-15-17(3)21-19/h15-16,18,20H,4-14H2,1-3H3. The van der Waals surface area contributed by atoms with E-state index in [4.69, 9.17) is 4.42 Å². The summed E-state index contributed by atoms with van der Waals surface area (Å²) in [4.78, 5) is 0. The maximum absolute atomic E-state index is 5.77. The average molecular weight is 293 g/mol. The van der Waals surface area contributed by atoms with Crippen LogP contribution in [0.25, 0.3) is 0 Å². The van der Waals surface area contributed by atoms with E-state index in [0.29, 0.717) is 6.04 Å². The number of furan rings is 1. The van der Waals surface area contributed by atoms with Crippen molar-refractivity contribution in [1.82, 2.24) is 5.32 Å². The van der Waals surface area contributed by atoms with E-state index in [9.17, 15) is 0 Å². The highest BCUT2D eigenvalue weighted by molar-refractivity contribution is 5.09. The van der Waals surface area contributed by atoms with Crippen LogP contribution in [-0.4, -0.2) is 6.54 Å². The minimum atomic E-state index is 0.397. The molecule has 1 unspecified atom stereocenters. The van der Waals surface area contributed by atoms with Crippen molar-refractivity contribution < 1.29 is 4.42 Å². The molecule has 21 heavy (non-hydrogen) atoms. The first-order valence-corrected chi connectivity index (χ1v) is 9.07. The van der Waals surface area contributed by atoms with Crippen LogP contribution in [0.4, 0.5) is 0 Å². The molecule has 0 saturated carbocycles. The quantitative estimate of drug-likeness (QED) is 0.441. The predicted octanol–water partition coefficient (Wildman–Crippen LogP) is 6.16. The van der Waals surface area contributed by atoms with E-state index < -0.39 is 0 Å².